The van der Waals surface area contributed by atoms with Crippen LogP contribution >= 0.6 is 0 Å². The Morgan fingerprint density at radius 3 is 1.83 bits per heavy atom. The second-order valence-electron chi connectivity index (χ2n) is 2.23. The fourth-order valence-electron chi connectivity index (χ4n) is 0.457. The molecule has 12 heavy (non-hydrogen) atoms. The maximum absolute atomic E-state index is 9.65. The van der Waals surface area contributed by atoms with Crippen LogP contribution in [0.15, 0.2) is 0 Å². The number of carboxylic acid groups (broad SMARTS) is 1. The third-order valence-electron chi connectivity index (χ3n) is 0.878. The molecule has 0 saturated heterocycles. The SMILES string of the molecule is CC(O)CC(=O)O.CCOCC. The summed E-state index contributed by atoms with van der Waals surface area (Å²) in [4.78, 5) is 9.65. The zero-order valence-electron chi connectivity index (χ0n) is 7.91. The lowest BCUT2D eigenvalue weighted by Gasteiger charge is -1.94. The van der Waals surface area contributed by atoms with Crippen LogP contribution < -0.4 is 0 Å². The molecule has 0 aliphatic carbocycles. The minimum absolute atomic E-state index is 0.167. The van der Waals surface area contributed by atoms with E-state index in [9.17, 15) is 4.79 Å². The van der Waals surface area contributed by atoms with E-state index in [0.717, 1.165) is 13.2 Å². The fourth-order valence-corrected chi connectivity index (χ4v) is 0.457. The smallest absolute Gasteiger partial charge is 0.305 e. The van der Waals surface area contributed by atoms with Gasteiger partial charge in [0.25, 0.3) is 0 Å². The number of aliphatic hydroxyl groups excluding tert-OH is 1. The molecule has 0 aromatic heterocycles. The molecule has 0 aromatic rings. The molecule has 0 radical (unpaired) electrons. The van der Waals surface area contributed by atoms with Gasteiger partial charge in [0, 0.05) is 13.2 Å². The molecule has 0 rings (SSSR count). The summed E-state index contributed by atoms with van der Waals surface area (Å²) in [5.41, 5.74) is 0. The lowest BCUT2D eigenvalue weighted by atomic mass is 10.3. The lowest BCUT2D eigenvalue weighted by Crippen LogP contribution is -2.07. The van der Waals surface area contributed by atoms with Crippen LogP contribution in [0.1, 0.15) is 27.2 Å². The predicted molar refractivity (Wildman–Crippen MR) is 46.1 cm³/mol. The van der Waals surface area contributed by atoms with Crippen molar-refractivity contribution in [3.05, 3.63) is 0 Å². The number of aliphatic carboxylic acids is 1. The van der Waals surface area contributed by atoms with E-state index >= 15 is 0 Å². The maximum atomic E-state index is 9.65. The van der Waals surface area contributed by atoms with E-state index in [0.29, 0.717) is 0 Å². The Hall–Kier alpha value is -0.610. The second-order valence-corrected chi connectivity index (χ2v) is 2.23. The first-order valence-corrected chi connectivity index (χ1v) is 4.02. The highest BCUT2D eigenvalue weighted by atomic mass is 16.5. The summed E-state index contributed by atoms with van der Waals surface area (Å²) in [7, 11) is 0. The van der Waals surface area contributed by atoms with Crippen molar-refractivity contribution < 1.29 is 19.7 Å². The summed E-state index contributed by atoms with van der Waals surface area (Å²) in [6.45, 7) is 7.11. The molecule has 1 atom stereocenters. The molecule has 0 bridgehead atoms. The average Bonchev–Trinajstić information content (AvgIpc) is 1.87. The van der Waals surface area contributed by atoms with Crippen LogP contribution in [0, 0.1) is 0 Å². The van der Waals surface area contributed by atoms with Crippen LogP contribution in [-0.2, 0) is 9.53 Å². The van der Waals surface area contributed by atoms with Crippen LogP contribution in [0.2, 0.25) is 0 Å². The molecule has 0 aliphatic rings. The van der Waals surface area contributed by atoms with E-state index in [2.05, 4.69) is 0 Å². The Morgan fingerprint density at radius 1 is 1.42 bits per heavy atom. The Bertz CT molecular complexity index is 99.2. The molecule has 0 heterocycles. The zero-order valence-corrected chi connectivity index (χ0v) is 7.91. The number of hydrogen-bond acceptors (Lipinski definition) is 3. The fraction of sp³-hybridized carbons (Fsp3) is 0.875. The molecular weight excluding hydrogens is 160 g/mol. The van der Waals surface area contributed by atoms with Crippen molar-refractivity contribution >= 4 is 5.97 Å². The quantitative estimate of drug-likeness (QED) is 0.670. The number of carbonyl (C=O) groups is 1. The molecule has 2 N–H and O–H groups in total. The molecule has 0 spiro atoms. The first-order chi connectivity index (χ1) is 5.54. The molecule has 0 amide bonds. The third kappa shape index (κ3) is 22.8. The first-order valence-electron chi connectivity index (χ1n) is 4.02. The summed E-state index contributed by atoms with van der Waals surface area (Å²) < 4.78 is 4.83. The summed E-state index contributed by atoms with van der Waals surface area (Å²) in [5, 5.41) is 16.3. The largest absolute Gasteiger partial charge is 0.481 e. The van der Waals surface area contributed by atoms with Gasteiger partial charge in [-0.05, 0) is 20.8 Å². The van der Waals surface area contributed by atoms with Crippen molar-refractivity contribution in [3.8, 4) is 0 Å². The first kappa shape index (κ1) is 13.9. The summed E-state index contributed by atoms with van der Waals surface area (Å²) in [6.07, 6.45) is -0.891. The number of rotatable bonds is 4. The Kier molecular flexibility index (Phi) is 12.1. The van der Waals surface area contributed by atoms with Crippen molar-refractivity contribution in [3.63, 3.8) is 0 Å². The topological polar surface area (TPSA) is 66.8 Å². The Balaban J connectivity index is 0. The second kappa shape index (κ2) is 10.4. The van der Waals surface area contributed by atoms with Gasteiger partial charge in [-0.2, -0.15) is 0 Å². The minimum Gasteiger partial charge on any atom is -0.481 e. The molecule has 0 aromatic carbocycles. The van der Waals surface area contributed by atoms with E-state index in [1.165, 1.54) is 6.92 Å². The molecule has 0 aliphatic heterocycles. The van der Waals surface area contributed by atoms with Crippen LogP contribution in [-0.4, -0.2) is 35.5 Å². The van der Waals surface area contributed by atoms with Gasteiger partial charge in [-0.25, -0.2) is 0 Å². The van der Waals surface area contributed by atoms with Crippen molar-refractivity contribution in [2.24, 2.45) is 0 Å². The number of hydrogen-bond donors (Lipinski definition) is 2. The van der Waals surface area contributed by atoms with Gasteiger partial charge in [-0.15, -0.1) is 0 Å². The van der Waals surface area contributed by atoms with Crippen molar-refractivity contribution in [2.45, 2.75) is 33.3 Å². The van der Waals surface area contributed by atoms with E-state index in [-0.39, 0.29) is 6.42 Å². The number of aliphatic hydroxyl groups is 1. The predicted octanol–water partition coefficient (Wildman–Crippen LogP) is 0.885. The average molecular weight is 178 g/mol. The summed E-state index contributed by atoms with van der Waals surface area (Å²) in [5.74, 6) is -0.963. The summed E-state index contributed by atoms with van der Waals surface area (Å²) in [6, 6.07) is 0. The molecule has 4 heteroatoms. The Labute approximate surface area is 73.2 Å². The van der Waals surface area contributed by atoms with Crippen LogP contribution in [0.3, 0.4) is 0 Å². The minimum atomic E-state index is -0.963. The van der Waals surface area contributed by atoms with Crippen molar-refractivity contribution in [1.29, 1.82) is 0 Å². The van der Waals surface area contributed by atoms with E-state index < -0.39 is 12.1 Å². The van der Waals surface area contributed by atoms with Gasteiger partial charge in [0.2, 0.25) is 0 Å². The molecule has 0 fully saturated rings. The summed E-state index contributed by atoms with van der Waals surface area (Å²) >= 11 is 0. The van der Waals surface area contributed by atoms with Gasteiger partial charge in [0.05, 0.1) is 12.5 Å². The standard InChI is InChI=1S/C4H8O3.C4H10O/c1-3(5)2-4(6)7;1-3-5-4-2/h3,5H,2H2,1H3,(H,6,7);3-4H2,1-2H3. The normalized spacial score (nSPS) is 11.3. The van der Waals surface area contributed by atoms with Gasteiger partial charge in [-0.1, -0.05) is 0 Å². The highest BCUT2D eigenvalue weighted by Crippen LogP contribution is 1.85. The molecule has 74 valence electrons. The highest BCUT2D eigenvalue weighted by molar-refractivity contribution is 5.67. The lowest BCUT2D eigenvalue weighted by molar-refractivity contribution is -0.138. The van der Waals surface area contributed by atoms with Gasteiger partial charge >= 0.3 is 5.97 Å². The number of carboxylic acids is 1. The van der Waals surface area contributed by atoms with Crippen molar-refractivity contribution in [2.75, 3.05) is 13.2 Å². The van der Waals surface area contributed by atoms with E-state index in [1.54, 1.807) is 0 Å². The van der Waals surface area contributed by atoms with Gasteiger partial charge in [0.1, 0.15) is 0 Å². The molecule has 1 unspecified atom stereocenters. The molecule has 4 nitrogen and oxygen atoms in total. The monoisotopic (exact) mass is 178 g/mol. The van der Waals surface area contributed by atoms with E-state index in [4.69, 9.17) is 14.9 Å². The van der Waals surface area contributed by atoms with Gasteiger partial charge in [-0.3, -0.25) is 4.79 Å². The third-order valence-corrected chi connectivity index (χ3v) is 0.878. The zero-order chi connectivity index (χ0) is 9.98. The van der Waals surface area contributed by atoms with Gasteiger partial charge in [0.15, 0.2) is 0 Å². The van der Waals surface area contributed by atoms with Crippen LogP contribution in [0.25, 0.3) is 0 Å². The maximum Gasteiger partial charge on any atom is 0.305 e. The molecule has 0 saturated carbocycles. The van der Waals surface area contributed by atoms with Crippen LogP contribution in [0.5, 0.6) is 0 Å². The van der Waals surface area contributed by atoms with Gasteiger partial charge < -0.3 is 14.9 Å². The van der Waals surface area contributed by atoms with E-state index in [1.807, 2.05) is 13.8 Å². The Morgan fingerprint density at radius 2 is 1.83 bits per heavy atom. The van der Waals surface area contributed by atoms with Crippen LogP contribution in [0.4, 0.5) is 0 Å². The van der Waals surface area contributed by atoms with Crippen molar-refractivity contribution in [1.82, 2.24) is 0 Å². The highest BCUT2D eigenvalue weighted by Gasteiger charge is 2.00. The molecular formula is C8H18O4. The number of ether oxygens (including phenoxy) is 1.